The number of nitrogens with zero attached hydrogens (tertiary/aromatic N) is 6. The van der Waals surface area contributed by atoms with E-state index in [-0.39, 0.29) is 34.0 Å². The Kier molecular flexibility index (Phi) is 12.0. The summed E-state index contributed by atoms with van der Waals surface area (Å²) in [6.45, 7) is 4.68. The molecular formula is C34H33BrF6N6O5. The summed E-state index contributed by atoms with van der Waals surface area (Å²) in [5.41, 5.74) is -0.853. The van der Waals surface area contributed by atoms with E-state index >= 15 is 4.39 Å². The summed E-state index contributed by atoms with van der Waals surface area (Å²) in [6, 6.07) is 10.0. The van der Waals surface area contributed by atoms with Crippen LogP contribution in [0.2, 0.25) is 0 Å². The number of ether oxygens (including phenoxy) is 2. The Labute approximate surface area is 303 Å². The normalized spacial score (nSPS) is 13.4. The number of aryl methyl sites for hydroxylation is 2. The molecule has 0 aliphatic rings. The van der Waals surface area contributed by atoms with Crippen LogP contribution in [0.5, 0.6) is 11.5 Å². The molecule has 0 aliphatic carbocycles. The first-order chi connectivity index (χ1) is 24.0. The third kappa shape index (κ3) is 8.55. The molecule has 2 atom stereocenters. The van der Waals surface area contributed by atoms with Crippen LogP contribution in [0.1, 0.15) is 42.1 Å². The molecule has 0 bridgehead atoms. The molecule has 278 valence electrons. The number of hydrogen-bond donors (Lipinski definition) is 1. The first-order valence-corrected chi connectivity index (χ1v) is 15.4. The van der Waals surface area contributed by atoms with Crippen molar-refractivity contribution in [3.8, 4) is 17.2 Å². The summed E-state index contributed by atoms with van der Waals surface area (Å²) in [7, 11) is 0. The van der Waals surface area contributed by atoms with Gasteiger partial charge in [0, 0.05) is 23.7 Å². The van der Waals surface area contributed by atoms with Crippen LogP contribution in [0, 0.1) is 25.5 Å². The van der Waals surface area contributed by atoms with Gasteiger partial charge in [-0.25, -0.2) is 36.2 Å². The van der Waals surface area contributed by atoms with E-state index in [4.69, 9.17) is 9.47 Å². The summed E-state index contributed by atoms with van der Waals surface area (Å²) < 4.78 is 95.7. The molecule has 52 heavy (non-hydrogen) atoms. The van der Waals surface area contributed by atoms with Crippen LogP contribution in [-0.4, -0.2) is 54.2 Å². The van der Waals surface area contributed by atoms with Gasteiger partial charge < -0.3 is 31.6 Å². The molecule has 0 saturated heterocycles. The number of alkyl halides is 4. The summed E-state index contributed by atoms with van der Waals surface area (Å²) in [5, 5.41) is 20.6. The van der Waals surface area contributed by atoms with Crippen LogP contribution in [-0.2, 0) is 23.5 Å². The van der Waals surface area contributed by atoms with Gasteiger partial charge in [0.25, 0.3) is 6.33 Å². The van der Waals surface area contributed by atoms with E-state index in [9.17, 15) is 36.6 Å². The molecule has 3 aromatic carbocycles. The molecule has 0 fully saturated rings. The zero-order valence-electron chi connectivity index (χ0n) is 28.1. The van der Waals surface area contributed by atoms with Gasteiger partial charge in [-0.3, -0.25) is 4.79 Å². The minimum Gasteiger partial charge on any atom is -1.00 e. The van der Waals surface area contributed by atoms with Crippen molar-refractivity contribution in [3.63, 3.8) is 0 Å². The van der Waals surface area contributed by atoms with Crippen molar-refractivity contribution in [2.45, 2.75) is 64.8 Å². The van der Waals surface area contributed by atoms with E-state index in [1.165, 1.54) is 49.1 Å². The lowest BCUT2D eigenvalue weighted by Gasteiger charge is -2.32. The van der Waals surface area contributed by atoms with Gasteiger partial charge in [-0.2, -0.15) is 13.9 Å². The summed E-state index contributed by atoms with van der Waals surface area (Å²) in [4.78, 5) is 25.1. The van der Waals surface area contributed by atoms with E-state index in [2.05, 4.69) is 10.2 Å². The minimum atomic E-state index is -4.36. The minimum absolute atomic E-state index is 0. The Morgan fingerprint density at radius 2 is 1.67 bits per heavy atom. The molecule has 1 N–H and O–H groups in total. The van der Waals surface area contributed by atoms with Crippen molar-refractivity contribution >= 4 is 5.97 Å². The zero-order chi connectivity index (χ0) is 37.2. The molecule has 0 amide bonds. The molecule has 2 aromatic heterocycles. The fourth-order valence-corrected chi connectivity index (χ4v) is 5.61. The topological polar surface area (TPSA) is 117 Å². The van der Waals surface area contributed by atoms with Crippen LogP contribution in [0.4, 0.5) is 26.3 Å². The van der Waals surface area contributed by atoms with Crippen molar-refractivity contribution in [1.29, 1.82) is 0 Å². The maximum absolute atomic E-state index is 15.3. The van der Waals surface area contributed by atoms with Crippen molar-refractivity contribution in [3.05, 3.63) is 118 Å². The van der Waals surface area contributed by atoms with E-state index < -0.39 is 60.4 Å². The second kappa shape index (κ2) is 15.7. The highest BCUT2D eigenvalue weighted by Gasteiger charge is 2.44. The SMILES string of the molecule is CC(=O)Oc1c(C)cc(C[n+]2cnn(C[C@@](O)(c3ccc(F)cc3F)[C@@H](C)n3ncn(-c4ccc(OCC(F)(F)C(F)F)cc4)c3=O)c2)cc1C.[Br-]. The molecular weight excluding hydrogens is 766 g/mol. The number of aromatic nitrogens is 6. The van der Waals surface area contributed by atoms with Crippen molar-refractivity contribution in [2.75, 3.05) is 6.61 Å². The number of hydrogen-bond acceptors (Lipinski definition) is 7. The third-order valence-electron chi connectivity index (χ3n) is 8.18. The molecule has 5 rings (SSSR count). The van der Waals surface area contributed by atoms with Gasteiger partial charge in [0.2, 0.25) is 6.33 Å². The highest BCUT2D eigenvalue weighted by molar-refractivity contribution is 5.70. The largest absolute Gasteiger partial charge is 1.00 e. The second-order valence-corrected chi connectivity index (χ2v) is 12.1. The highest BCUT2D eigenvalue weighted by atomic mass is 79.9. The van der Waals surface area contributed by atoms with Gasteiger partial charge in [-0.15, -0.1) is 4.68 Å². The van der Waals surface area contributed by atoms with Gasteiger partial charge in [-0.1, -0.05) is 6.07 Å². The molecule has 0 spiro atoms. The van der Waals surface area contributed by atoms with Gasteiger partial charge in [-0.05, 0) is 79.9 Å². The first-order valence-electron chi connectivity index (χ1n) is 15.4. The summed E-state index contributed by atoms with van der Waals surface area (Å²) in [6.07, 6.45) is 0.220. The molecule has 18 heteroatoms. The van der Waals surface area contributed by atoms with Gasteiger partial charge in [0.15, 0.2) is 6.61 Å². The molecule has 2 heterocycles. The quantitative estimate of drug-likeness (QED) is 0.0837. The molecule has 0 aliphatic heterocycles. The molecule has 5 aromatic rings. The number of halogens is 7. The van der Waals surface area contributed by atoms with Crippen molar-refractivity contribution < 1.29 is 67.3 Å². The Bertz CT molecular complexity index is 2080. The van der Waals surface area contributed by atoms with Crippen LogP contribution < -0.4 is 36.7 Å². The van der Waals surface area contributed by atoms with Crippen LogP contribution in [0.15, 0.2) is 78.4 Å². The maximum atomic E-state index is 15.3. The van der Waals surface area contributed by atoms with E-state index in [1.54, 1.807) is 24.7 Å². The summed E-state index contributed by atoms with van der Waals surface area (Å²) in [5.74, 6) is -6.47. The van der Waals surface area contributed by atoms with E-state index in [0.29, 0.717) is 18.4 Å². The smallest absolute Gasteiger partial charge is 0.350 e. The lowest BCUT2D eigenvalue weighted by Crippen LogP contribution is -3.00. The first kappa shape index (κ1) is 39.8. The van der Waals surface area contributed by atoms with Crippen LogP contribution >= 0.6 is 0 Å². The summed E-state index contributed by atoms with van der Waals surface area (Å²) >= 11 is 0. The molecule has 0 radical (unpaired) electrons. The molecule has 0 unspecified atom stereocenters. The third-order valence-corrected chi connectivity index (χ3v) is 8.18. The van der Waals surface area contributed by atoms with Crippen molar-refractivity contribution in [2.24, 2.45) is 0 Å². The number of rotatable bonds is 13. The average Bonchev–Trinajstić information content (AvgIpc) is 3.66. The fourth-order valence-electron chi connectivity index (χ4n) is 5.61. The molecule has 11 nitrogen and oxygen atoms in total. The Morgan fingerprint density at radius 1 is 1.02 bits per heavy atom. The van der Waals surface area contributed by atoms with E-state index in [1.807, 2.05) is 12.1 Å². The Morgan fingerprint density at radius 3 is 2.27 bits per heavy atom. The number of carbonyl (C=O) groups is 1. The maximum Gasteiger partial charge on any atom is 0.350 e. The number of aliphatic hydroxyl groups is 1. The highest BCUT2D eigenvalue weighted by Crippen LogP contribution is 2.36. The van der Waals surface area contributed by atoms with Crippen LogP contribution in [0.3, 0.4) is 0 Å². The van der Waals surface area contributed by atoms with Crippen molar-refractivity contribution in [1.82, 2.24) is 24.1 Å². The Hall–Kier alpha value is -4.97. The fraction of sp³-hybridized carbons (Fsp3) is 0.324. The van der Waals surface area contributed by atoms with Gasteiger partial charge in [0.05, 0.1) is 18.3 Å². The second-order valence-electron chi connectivity index (χ2n) is 12.1. The standard InChI is InChI=1S/C34H33F6N6O5.BrH/c1-20-11-24(12-21(2)30(20)51-23(4)47)14-43-17-41-44(19-43)15-33(49,28-10-5-25(35)13-29(28)36)22(3)46-32(48)45(18-42-46)26-6-8-27(9-7-26)50-16-34(39,40)31(37)38;/h5-13,17-19,22,31,49H,14-16H2,1-4H3;1H/q+1;/p-1/t22-,33+;/m1./s1. The number of benzene rings is 3. The van der Waals surface area contributed by atoms with Gasteiger partial charge in [0.1, 0.15) is 41.6 Å². The monoisotopic (exact) mass is 798 g/mol. The number of esters is 1. The number of carbonyl (C=O) groups excluding carboxylic acids is 1. The Balaban J connectivity index is 0.00000605. The lowest BCUT2D eigenvalue weighted by molar-refractivity contribution is -0.689. The molecule has 0 saturated carbocycles. The van der Waals surface area contributed by atoms with Crippen LogP contribution in [0.25, 0.3) is 5.69 Å². The lowest BCUT2D eigenvalue weighted by atomic mass is 9.86. The van der Waals surface area contributed by atoms with E-state index in [0.717, 1.165) is 44.4 Å². The predicted molar refractivity (Wildman–Crippen MR) is 168 cm³/mol. The van der Waals surface area contributed by atoms with Gasteiger partial charge >= 0.3 is 24.0 Å². The average molecular weight is 800 g/mol. The predicted octanol–water partition coefficient (Wildman–Crippen LogP) is 1.82. The zero-order valence-corrected chi connectivity index (χ0v) is 29.7.